The second kappa shape index (κ2) is 5.75. The standard InChI is InChI=1S/C16H16N2O5/c19-15(20)13-9-17(16(21)22)7-5-11(13)10-6-8-18(23)14-4-2-1-3-12(10)14/h1-4,6,8,11,13H,5,7,9H2,(H,19,20)(H,21,22). The highest BCUT2D eigenvalue weighted by molar-refractivity contribution is 5.82. The molecular formula is C16H16N2O5. The van der Waals surface area contributed by atoms with Gasteiger partial charge >= 0.3 is 12.1 Å². The maximum Gasteiger partial charge on any atom is 0.407 e. The second-order valence-electron chi connectivity index (χ2n) is 5.68. The average Bonchev–Trinajstić information content (AvgIpc) is 2.55. The van der Waals surface area contributed by atoms with Crippen LogP contribution in [0.25, 0.3) is 10.9 Å². The summed E-state index contributed by atoms with van der Waals surface area (Å²) in [5, 5.41) is 31.2. The van der Waals surface area contributed by atoms with Crippen molar-refractivity contribution in [3.05, 3.63) is 47.3 Å². The molecule has 2 atom stereocenters. The number of pyridine rings is 1. The number of hydrogen-bond acceptors (Lipinski definition) is 3. The van der Waals surface area contributed by atoms with E-state index in [9.17, 15) is 19.9 Å². The SMILES string of the molecule is O=C(O)C1CN(C(=O)O)CCC1c1cc[n+]([O-])c2ccccc12. The molecule has 23 heavy (non-hydrogen) atoms. The average molecular weight is 316 g/mol. The van der Waals surface area contributed by atoms with Gasteiger partial charge in [0.05, 0.1) is 11.3 Å². The van der Waals surface area contributed by atoms with Crippen molar-refractivity contribution in [3.63, 3.8) is 0 Å². The Labute approximate surface area is 132 Å². The molecule has 2 unspecified atom stereocenters. The molecule has 0 aliphatic carbocycles. The number of aromatic nitrogens is 1. The van der Waals surface area contributed by atoms with Crippen LogP contribution in [0.4, 0.5) is 4.79 Å². The second-order valence-corrected chi connectivity index (χ2v) is 5.68. The van der Waals surface area contributed by atoms with Gasteiger partial charge in [0.15, 0.2) is 6.20 Å². The van der Waals surface area contributed by atoms with E-state index in [1.807, 2.05) is 0 Å². The monoisotopic (exact) mass is 316 g/mol. The lowest BCUT2D eigenvalue weighted by Gasteiger charge is -2.35. The third-order valence-electron chi connectivity index (χ3n) is 4.44. The van der Waals surface area contributed by atoms with E-state index in [0.717, 1.165) is 15.2 Å². The molecule has 0 saturated carbocycles. The predicted molar refractivity (Wildman–Crippen MR) is 81.0 cm³/mol. The van der Waals surface area contributed by atoms with Crippen molar-refractivity contribution in [1.82, 2.24) is 4.90 Å². The van der Waals surface area contributed by atoms with E-state index < -0.39 is 18.0 Å². The summed E-state index contributed by atoms with van der Waals surface area (Å²) < 4.78 is 0.751. The van der Waals surface area contributed by atoms with Crippen molar-refractivity contribution in [2.24, 2.45) is 5.92 Å². The van der Waals surface area contributed by atoms with Gasteiger partial charge in [-0.3, -0.25) is 4.79 Å². The largest absolute Gasteiger partial charge is 0.618 e. The summed E-state index contributed by atoms with van der Waals surface area (Å²) in [6.45, 7) is 0.236. The molecule has 0 spiro atoms. The Morgan fingerprint density at radius 1 is 1.22 bits per heavy atom. The number of aliphatic carboxylic acids is 1. The van der Waals surface area contributed by atoms with E-state index in [4.69, 9.17) is 5.11 Å². The number of carboxylic acid groups (broad SMARTS) is 2. The molecule has 120 valence electrons. The maximum absolute atomic E-state index is 11.9. The molecule has 1 aliphatic rings. The van der Waals surface area contributed by atoms with Gasteiger partial charge in [0.2, 0.25) is 5.52 Å². The molecule has 2 aromatic rings. The van der Waals surface area contributed by atoms with Gasteiger partial charge in [-0.05, 0) is 18.1 Å². The van der Waals surface area contributed by atoms with Gasteiger partial charge < -0.3 is 20.3 Å². The van der Waals surface area contributed by atoms with Crippen molar-refractivity contribution in [2.45, 2.75) is 12.3 Å². The van der Waals surface area contributed by atoms with Gasteiger partial charge in [-0.2, -0.15) is 4.73 Å². The van der Waals surface area contributed by atoms with Gasteiger partial charge in [0, 0.05) is 31.1 Å². The van der Waals surface area contributed by atoms with Crippen molar-refractivity contribution >= 4 is 23.0 Å². The Hall–Kier alpha value is -2.83. The minimum atomic E-state index is -1.11. The molecule has 1 fully saturated rings. The summed E-state index contributed by atoms with van der Waals surface area (Å²) in [7, 11) is 0. The maximum atomic E-state index is 11.9. The molecule has 1 amide bonds. The van der Waals surface area contributed by atoms with Crippen LogP contribution in [0.1, 0.15) is 17.9 Å². The van der Waals surface area contributed by atoms with Crippen LogP contribution in [0, 0.1) is 11.1 Å². The third-order valence-corrected chi connectivity index (χ3v) is 4.44. The topological polar surface area (TPSA) is 105 Å². The number of fused-ring (bicyclic) bond motifs is 1. The van der Waals surface area contributed by atoms with Gasteiger partial charge in [0.25, 0.3) is 0 Å². The first-order chi connectivity index (χ1) is 11.0. The quantitative estimate of drug-likeness (QED) is 0.647. The summed E-state index contributed by atoms with van der Waals surface area (Å²) in [6, 6.07) is 8.68. The highest BCUT2D eigenvalue weighted by atomic mass is 16.5. The van der Waals surface area contributed by atoms with E-state index in [1.165, 1.54) is 6.20 Å². The minimum absolute atomic E-state index is 0.0457. The lowest BCUT2D eigenvalue weighted by atomic mass is 9.79. The molecule has 1 aromatic carbocycles. The van der Waals surface area contributed by atoms with Crippen LogP contribution in [0.2, 0.25) is 0 Å². The number of carbonyl (C=O) groups is 2. The Balaban J connectivity index is 2.05. The summed E-state index contributed by atoms with van der Waals surface area (Å²) in [5.74, 6) is -2.18. The van der Waals surface area contributed by atoms with Crippen molar-refractivity contribution in [3.8, 4) is 0 Å². The summed E-state index contributed by atoms with van der Waals surface area (Å²) in [6.07, 6.45) is 0.682. The molecular weight excluding hydrogens is 300 g/mol. The van der Waals surface area contributed by atoms with Crippen molar-refractivity contribution < 1.29 is 24.5 Å². The van der Waals surface area contributed by atoms with E-state index in [-0.39, 0.29) is 19.0 Å². The van der Waals surface area contributed by atoms with E-state index in [1.54, 1.807) is 30.3 Å². The molecule has 7 nitrogen and oxygen atoms in total. The van der Waals surface area contributed by atoms with Crippen molar-refractivity contribution in [2.75, 3.05) is 13.1 Å². The highest BCUT2D eigenvalue weighted by Crippen LogP contribution is 2.36. The smallest absolute Gasteiger partial charge is 0.407 e. The van der Waals surface area contributed by atoms with E-state index in [2.05, 4.69) is 0 Å². The Kier molecular flexibility index (Phi) is 3.77. The molecule has 0 radical (unpaired) electrons. The van der Waals surface area contributed by atoms with Crippen LogP contribution in [0.3, 0.4) is 0 Å². The van der Waals surface area contributed by atoms with Crippen LogP contribution in [0.15, 0.2) is 36.5 Å². The zero-order valence-electron chi connectivity index (χ0n) is 12.3. The van der Waals surface area contributed by atoms with Crippen molar-refractivity contribution in [1.29, 1.82) is 0 Å². The molecule has 0 bridgehead atoms. The zero-order chi connectivity index (χ0) is 16.6. The fourth-order valence-corrected chi connectivity index (χ4v) is 3.30. The normalized spacial score (nSPS) is 21.3. The zero-order valence-corrected chi connectivity index (χ0v) is 12.3. The van der Waals surface area contributed by atoms with Crippen LogP contribution >= 0.6 is 0 Å². The molecule has 1 aromatic heterocycles. The summed E-state index contributed by atoms with van der Waals surface area (Å²) in [5.41, 5.74) is 1.26. The lowest BCUT2D eigenvalue weighted by Crippen LogP contribution is -2.45. The minimum Gasteiger partial charge on any atom is -0.618 e. The number of piperidine rings is 1. The van der Waals surface area contributed by atoms with E-state index >= 15 is 0 Å². The number of nitrogens with zero attached hydrogens (tertiary/aromatic N) is 2. The first-order valence-corrected chi connectivity index (χ1v) is 7.30. The van der Waals surface area contributed by atoms with Crippen LogP contribution in [-0.2, 0) is 4.79 Å². The Morgan fingerprint density at radius 3 is 2.65 bits per heavy atom. The third kappa shape index (κ3) is 2.65. The van der Waals surface area contributed by atoms with Gasteiger partial charge in [-0.1, -0.05) is 12.1 Å². The molecule has 3 rings (SSSR count). The van der Waals surface area contributed by atoms with Gasteiger partial charge in [-0.25, -0.2) is 4.79 Å². The van der Waals surface area contributed by atoms with Crippen LogP contribution in [-0.4, -0.2) is 40.3 Å². The fourth-order valence-electron chi connectivity index (χ4n) is 3.30. The highest BCUT2D eigenvalue weighted by Gasteiger charge is 2.38. The number of rotatable bonds is 2. The molecule has 7 heteroatoms. The number of amides is 1. The number of para-hydroxylation sites is 1. The number of benzene rings is 1. The molecule has 1 saturated heterocycles. The first-order valence-electron chi connectivity index (χ1n) is 7.30. The van der Waals surface area contributed by atoms with Crippen LogP contribution in [0.5, 0.6) is 0 Å². The van der Waals surface area contributed by atoms with Gasteiger partial charge in [-0.15, -0.1) is 0 Å². The number of hydrogen-bond donors (Lipinski definition) is 2. The summed E-state index contributed by atoms with van der Waals surface area (Å²) in [4.78, 5) is 23.9. The first kappa shape index (κ1) is 15.1. The van der Waals surface area contributed by atoms with Gasteiger partial charge in [0.1, 0.15) is 0 Å². The van der Waals surface area contributed by atoms with Crippen LogP contribution < -0.4 is 4.73 Å². The lowest BCUT2D eigenvalue weighted by molar-refractivity contribution is -0.577. The number of likely N-dealkylation sites (tertiary alicyclic amines) is 1. The Morgan fingerprint density at radius 2 is 1.96 bits per heavy atom. The number of carboxylic acids is 1. The molecule has 2 N–H and O–H groups in total. The predicted octanol–water partition coefficient (Wildman–Crippen LogP) is 1.64. The Bertz CT molecular complexity index is 776. The van der Waals surface area contributed by atoms with E-state index in [0.29, 0.717) is 17.3 Å². The summed E-state index contributed by atoms with van der Waals surface area (Å²) >= 11 is 0. The fraction of sp³-hybridized carbons (Fsp3) is 0.312. The molecule has 1 aliphatic heterocycles. The molecule has 2 heterocycles.